The summed E-state index contributed by atoms with van der Waals surface area (Å²) in [5, 5.41) is 8.84. The lowest BCUT2D eigenvalue weighted by atomic mass is 10.2. The third-order valence-electron chi connectivity index (χ3n) is 3.12. The summed E-state index contributed by atoms with van der Waals surface area (Å²) < 4.78 is 5.28. The maximum absolute atomic E-state index is 11.6. The van der Waals surface area contributed by atoms with Gasteiger partial charge in [0.1, 0.15) is 0 Å². The molecule has 1 aliphatic heterocycles. The summed E-state index contributed by atoms with van der Waals surface area (Å²) in [5.41, 5.74) is 0. The first-order valence-corrected chi connectivity index (χ1v) is 6.99. The van der Waals surface area contributed by atoms with Gasteiger partial charge in [0.2, 0.25) is 11.8 Å². The van der Waals surface area contributed by atoms with E-state index in [0.717, 1.165) is 13.0 Å². The molecule has 6 heteroatoms. The van der Waals surface area contributed by atoms with Gasteiger partial charge in [0.25, 0.3) is 0 Å². The molecule has 2 amide bonds. The number of amides is 2. The van der Waals surface area contributed by atoms with Crippen molar-refractivity contribution in [1.29, 1.82) is 0 Å². The quantitative estimate of drug-likeness (QED) is 0.598. The summed E-state index contributed by atoms with van der Waals surface area (Å²) in [5.74, 6) is -0.0619. The molecule has 1 aliphatic rings. The van der Waals surface area contributed by atoms with Crippen molar-refractivity contribution < 1.29 is 14.3 Å². The Morgan fingerprint density at radius 3 is 2.84 bits per heavy atom. The molecule has 19 heavy (non-hydrogen) atoms. The van der Waals surface area contributed by atoms with Crippen molar-refractivity contribution in [3.05, 3.63) is 0 Å². The molecule has 1 fully saturated rings. The number of hydrogen-bond acceptors (Lipinski definition) is 4. The first-order valence-electron chi connectivity index (χ1n) is 6.99. The summed E-state index contributed by atoms with van der Waals surface area (Å²) in [7, 11) is 0. The van der Waals surface area contributed by atoms with Crippen LogP contribution < -0.4 is 16.0 Å². The van der Waals surface area contributed by atoms with Crippen molar-refractivity contribution in [3.63, 3.8) is 0 Å². The Labute approximate surface area is 114 Å². The zero-order valence-corrected chi connectivity index (χ0v) is 11.8. The van der Waals surface area contributed by atoms with Crippen LogP contribution in [0.1, 0.15) is 33.1 Å². The Morgan fingerprint density at radius 2 is 2.21 bits per heavy atom. The molecule has 0 aliphatic carbocycles. The lowest BCUT2D eigenvalue weighted by Gasteiger charge is -2.23. The lowest BCUT2D eigenvalue weighted by molar-refractivity contribution is -0.123. The maximum atomic E-state index is 11.6. The number of morpholine rings is 1. The van der Waals surface area contributed by atoms with Gasteiger partial charge in [0.15, 0.2) is 0 Å². The average molecular weight is 271 g/mol. The first-order chi connectivity index (χ1) is 9.11. The predicted octanol–water partition coefficient (Wildman–Crippen LogP) is -0.214. The number of carbonyl (C=O) groups excluding carboxylic acids is 2. The number of carbonyl (C=O) groups is 2. The highest BCUT2D eigenvalue weighted by Gasteiger charge is 2.16. The lowest BCUT2D eigenvalue weighted by Crippen LogP contribution is -2.44. The van der Waals surface area contributed by atoms with Crippen molar-refractivity contribution >= 4 is 11.8 Å². The van der Waals surface area contributed by atoms with E-state index in [1.807, 2.05) is 13.8 Å². The van der Waals surface area contributed by atoms with Gasteiger partial charge in [-0.15, -0.1) is 0 Å². The number of hydrogen-bond donors (Lipinski definition) is 3. The molecular formula is C13H25N3O3. The van der Waals surface area contributed by atoms with Crippen LogP contribution in [0.4, 0.5) is 0 Å². The van der Waals surface area contributed by atoms with Crippen LogP contribution in [-0.4, -0.2) is 50.2 Å². The highest BCUT2D eigenvalue weighted by Crippen LogP contribution is 1.98. The topological polar surface area (TPSA) is 79.5 Å². The molecule has 3 N–H and O–H groups in total. The Bertz CT molecular complexity index is 291. The fraction of sp³-hybridized carbons (Fsp3) is 0.846. The van der Waals surface area contributed by atoms with E-state index >= 15 is 0 Å². The van der Waals surface area contributed by atoms with Gasteiger partial charge in [-0.2, -0.15) is 0 Å². The second-order valence-electron chi connectivity index (χ2n) is 4.91. The Kier molecular flexibility index (Phi) is 7.43. The van der Waals surface area contributed by atoms with Crippen molar-refractivity contribution in [3.8, 4) is 0 Å². The summed E-state index contributed by atoms with van der Waals surface area (Å²) in [4.78, 5) is 23.1. The molecule has 0 aromatic heterocycles. The standard InChI is InChI=1S/C13H25N3O3/c1-3-10(2)16-12(17)4-5-15-13(18)8-11-9-19-7-6-14-11/h10-11,14H,3-9H2,1-2H3,(H,15,18)(H,16,17). The largest absolute Gasteiger partial charge is 0.378 e. The summed E-state index contributed by atoms with van der Waals surface area (Å²) >= 11 is 0. The van der Waals surface area contributed by atoms with E-state index in [1.54, 1.807) is 0 Å². The molecule has 1 saturated heterocycles. The van der Waals surface area contributed by atoms with Gasteiger partial charge in [0, 0.05) is 38.0 Å². The van der Waals surface area contributed by atoms with E-state index in [1.165, 1.54) is 0 Å². The fourth-order valence-electron chi connectivity index (χ4n) is 1.81. The van der Waals surface area contributed by atoms with E-state index in [4.69, 9.17) is 4.74 Å². The summed E-state index contributed by atoms with van der Waals surface area (Å²) in [6, 6.07) is 0.273. The zero-order chi connectivity index (χ0) is 14.1. The van der Waals surface area contributed by atoms with Crippen LogP contribution in [0.25, 0.3) is 0 Å². The first kappa shape index (κ1) is 15.9. The SMILES string of the molecule is CCC(C)NC(=O)CCNC(=O)CC1COCCN1. The Balaban J connectivity index is 2.07. The highest BCUT2D eigenvalue weighted by molar-refractivity contribution is 5.79. The second kappa shape index (κ2) is 8.87. The molecule has 6 nitrogen and oxygen atoms in total. The van der Waals surface area contributed by atoms with Crippen LogP contribution in [0.15, 0.2) is 0 Å². The van der Waals surface area contributed by atoms with Gasteiger partial charge in [-0.05, 0) is 13.3 Å². The molecular weight excluding hydrogens is 246 g/mol. The molecule has 2 atom stereocenters. The average Bonchev–Trinajstić information content (AvgIpc) is 2.39. The van der Waals surface area contributed by atoms with Crippen LogP contribution in [0, 0.1) is 0 Å². The minimum atomic E-state index is -0.0423. The van der Waals surface area contributed by atoms with E-state index in [2.05, 4.69) is 16.0 Å². The normalized spacial score (nSPS) is 20.6. The van der Waals surface area contributed by atoms with Crippen LogP contribution in [-0.2, 0) is 14.3 Å². The summed E-state index contributed by atoms with van der Waals surface area (Å²) in [6.45, 7) is 6.43. The Hall–Kier alpha value is -1.14. The zero-order valence-electron chi connectivity index (χ0n) is 11.8. The monoisotopic (exact) mass is 271 g/mol. The van der Waals surface area contributed by atoms with E-state index in [0.29, 0.717) is 32.6 Å². The van der Waals surface area contributed by atoms with Gasteiger partial charge in [0.05, 0.1) is 13.2 Å². The molecule has 1 rings (SSSR count). The van der Waals surface area contributed by atoms with Crippen LogP contribution >= 0.6 is 0 Å². The van der Waals surface area contributed by atoms with E-state index < -0.39 is 0 Å². The van der Waals surface area contributed by atoms with Crippen molar-refractivity contribution in [2.45, 2.75) is 45.2 Å². The molecule has 110 valence electrons. The number of ether oxygens (including phenoxy) is 1. The maximum Gasteiger partial charge on any atom is 0.221 e. The highest BCUT2D eigenvalue weighted by atomic mass is 16.5. The third kappa shape index (κ3) is 7.12. The van der Waals surface area contributed by atoms with Crippen molar-refractivity contribution in [2.75, 3.05) is 26.3 Å². The van der Waals surface area contributed by atoms with Crippen molar-refractivity contribution in [2.24, 2.45) is 0 Å². The van der Waals surface area contributed by atoms with Gasteiger partial charge in [-0.3, -0.25) is 9.59 Å². The van der Waals surface area contributed by atoms with Crippen LogP contribution in [0.3, 0.4) is 0 Å². The molecule has 0 aromatic rings. The predicted molar refractivity (Wildman–Crippen MR) is 72.7 cm³/mol. The third-order valence-corrected chi connectivity index (χ3v) is 3.12. The van der Waals surface area contributed by atoms with E-state index in [-0.39, 0.29) is 23.9 Å². The van der Waals surface area contributed by atoms with E-state index in [9.17, 15) is 9.59 Å². The van der Waals surface area contributed by atoms with Gasteiger partial charge < -0.3 is 20.7 Å². The molecule has 0 spiro atoms. The number of rotatable bonds is 7. The molecule has 1 heterocycles. The molecule has 0 bridgehead atoms. The van der Waals surface area contributed by atoms with Crippen LogP contribution in [0.5, 0.6) is 0 Å². The molecule has 2 unspecified atom stereocenters. The second-order valence-corrected chi connectivity index (χ2v) is 4.91. The Morgan fingerprint density at radius 1 is 1.42 bits per heavy atom. The minimum absolute atomic E-state index is 0.0197. The number of nitrogens with one attached hydrogen (secondary N) is 3. The molecule has 0 radical (unpaired) electrons. The molecule has 0 aromatic carbocycles. The fourth-order valence-corrected chi connectivity index (χ4v) is 1.81. The summed E-state index contributed by atoms with van der Waals surface area (Å²) in [6.07, 6.45) is 1.63. The van der Waals surface area contributed by atoms with Gasteiger partial charge in [-0.25, -0.2) is 0 Å². The van der Waals surface area contributed by atoms with Gasteiger partial charge >= 0.3 is 0 Å². The smallest absolute Gasteiger partial charge is 0.221 e. The molecule has 0 saturated carbocycles. The minimum Gasteiger partial charge on any atom is -0.378 e. The van der Waals surface area contributed by atoms with Gasteiger partial charge in [-0.1, -0.05) is 6.92 Å². The van der Waals surface area contributed by atoms with Crippen LogP contribution in [0.2, 0.25) is 0 Å². The van der Waals surface area contributed by atoms with Crippen molar-refractivity contribution in [1.82, 2.24) is 16.0 Å².